The zero-order chi connectivity index (χ0) is 25.9. The number of hydrogen-bond donors (Lipinski definition) is 0. The monoisotopic (exact) mass is 496 g/mol. The molecule has 0 N–H and O–H groups in total. The second kappa shape index (κ2) is 8.68. The molecule has 0 unspecified atom stereocenters. The molecular weight excluding hydrogens is 468 g/mol. The lowest BCUT2D eigenvalue weighted by molar-refractivity contribution is 1.02. The summed E-state index contributed by atoms with van der Waals surface area (Å²) in [7, 11) is 0. The van der Waals surface area contributed by atoms with Gasteiger partial charge in [-0.15, -0.1) is 0 Å². The molecule has 0 aliphatic heterocycles. The van der Waals surface area contributed by atoms with E-state index in [2.05, 4.69) is 134 Å². The van der Waals surface area contributed by atoms with Gasteiger partial charge in [0, 0.05) is 0 Å². The maximum Gasteiger partial charge on any atom is -0.00962 e. The maximum absolute atomic E-state index is 2.39. The lowest BCUT2D eigenvalue weighted by Crippen LogP contribution is -1.86. The van der Waals surface area contributed by atoms with Crippen molar-refractivity contribution >= 4 is 64.6 Å². The van der Waals surface area contributed by atoms with E-state index in [0.717, 1.165) is 0 Å². The van der Waals surface area contributed by atoms with E-state index in [1.54, 1.807) is 11.1 Å². The highest BCUT2D eigenvalue weighted by atomic mass is 14.2. The van der Waals surface area contributed by atoms with Crippen molar-refractivity contribution in [1.82, 2.24) is 0 Å². The highest BCUT2D eigenvalue weighted by molar-refractivity contribution is 6.15. The molecule has 8 aromatic carbocycles. The van der Waals surface area contributed by atoms with E-state index >= 15 is 0 Å². The Hall–Kier alpha value is -4.68. The molecule has 0 heterocycles. The van der Waals surface area contributed by atoms with Gasteiger partial charge >= 0.3 is 0 Å². The summed E-state index contributed by atoms with van der Waals surface area (Å²) < 4.78 is 0. The Labute approximate surface area is 228 Å². The second-order valence-corrected chi connectivity index (χ2v) is 10.9. The molecule has 1 aliphatic rings. The highest BCUT2D eigenvalue weighted by Gasteiger charge is 2.19. The topological polar surface area (TPSA) is 0 Å². The Morgan fingerprint density at radius 2 is 0.897 bits per heavy atom. The van der Waals surface area contributed by atoms with Gasteiger partial charge in [0.2, 0.25) is 0 Å². The van der Waals surface area contributed by atoms with Crippen LogP contribution in [0.2, 0.25) is 0 Å². The molecule has 0 atom stereocenters. The van der Waals surface area contributed by atoms with Crippen molar-refractivity contribution in [1.29, 1.82) is 0 Å². The average Bonchev–Trinajstić information content (AvgIpc) is 3.45. The van der Waals surface area contributed by atoms with Crippen LogP contribution in [0.4, 0.5) is 0 Å². The number of aryl methyl sites for hydroxylation is 3. The fraction of sp³-hybridized carbons (Fsp3) is 0.0769. The lowest BCUT2D eigenvalue weighted by atomic mass is 9.93. The first-order valence-electron chi connectivity index (χ1n) is 13.9. The van der Waals surface area contributed by atoms with Crippen LogP contribution in [0.25, 0.3) is 64.6 Å². The molecule has 1 aliphatic carbocycles. The van der Waals surface area contributed by atoms with Crippen LogP contribution in [0.5, 0.6) is 0 Å². The van der Waals surface area contributed by atoms with Crippen LogP contribution in [-0.2, 0) is 12.8 Å². The van der Waals surface area contributed by atoms with Gasteiger partial charge in [0.05, 0.1) is 0 Å². The summed E-state index contributed by atoms with van der Waals surface area (Å²) in [6.45, 7) is 2.24. The minimum atomic E-state index is 1.19. The van der Waals surface area contributed by atoms with Crippen molar-refractivity contribution in [3.8, 4) is 0 Å². The molecule has 0 amide bonds. The van der Waals surface area contributed by atoms with Crippen LogP contribution in [0.1, 0.15) is 16.7 Å². The Bertz CT molecular complexity index is 2230. The third kappa shape index (κ3) is 3.52. The SMILES string of the molecule is Cc1ccc2cc3c(ccc4ccccc43)c3c2c1CC3.c1ccc2cc3c(ccc4ccccc43)cc2c1. The van der Waals surface area contributed by atoms with Gasteiger partial charge in [-0.1, -0.05) is 109 Å². The van der Waals surface area contributed by atoms with Crippen LogP contribution in [0.3, 0.4) is 0 Å². The van der Waals surface area contributed by atoms with E-state index in [0.29, 0.717) is 0 Å². The predicted octanol–water partition coefficient (Wildman–Crippen LogP) is 10.7. The molecule has 8 aromatic rings. The summed E-state index contributed by atoms with van der Waals surface area (Å²) in [6, 6.07) is 46.4. The van der Waals surface area contributed by atoms with Gasteiger partial charge in [-0.2, -0.15) is 0 Å². The molecule has 184 valence electrons. The second-order valence-electron chi connectivity index (χ2n) is 10.9. The summed E-state index contributed by atoms with van der Waals surface area (Å²) in [5, 5.41) is 16.4. The van der Waals surface area contributed by atoms with E-state index in [1.807, 2.05) is 0 Å². The summed E-state index contributed by atoms with van der Waals surface area (Å²) in [4.78, 5) is 0. The minimum absolute atomic E-state index is 1.19. The molecule has 0 radical (unpaired) electrons. The van der Waals surface area contributed by atoms with E-state index in [4.69, 9.17) is 0 Å². The largest absolute Gasteiger partial charge is 0.0616 e. The Balaban J connectivity index is 0.000000122. The molecular formula is C39H28. The zero-order valence-electron chi connectivity index (χ0n) is 22.0. The molecule has 0 heteroatoms. The summed E-state index contributed by atoms with van der Waals surface area (Å²) in [6.07, 6.45) is 2.39. The Kier molecular flexibility index (Phi) is 4.97. The first-order valence-corrected chi connectivity index (χ1v) is 13.9. The van der Waals surface area contributed by atoms with Gasteiger partial charge in [-0.3, -0.25) is 0 Å². The quantitative estimate of drug-likeness (QED) is 0.145. The number of benzene rings is 8. The fourth-order valence-electron chi connectivity index (χ4n) is 6.78. The number of hydrogen-bond acceptors (Lipinski definition) is 0. The molecule has 0 saturated heterocycles. The summed E-state index contributed by atoms with van der Waals surface area (Å²) in [5.74, 6) is 0. The molecule has 0 nitrogen and oxygen atoms in total. The molecule has 9 rings (SSSR count). The minimum Gasteiger partial charge on any atom is -0.0616 e. The maximum atomic E-state index is 2.39. The fourth-order valence-corrected chi connectivity index (χ4v) is 6.78. The van der Waals surface area contributed by atoms with Gasteiger partial charge in [-0.25, -0.2) is 0 Å². The van der Waals surface area contributed by atoms with E-state index < -0.39 is 0 Å². The van der Waals surface area contributed by atoms with Gasteiger partial charge in [-0.05, 0) is 119 Å². The number of rotatable bonds is 0. The van der Waals surface area contributed by atoms with E-state index in [1.165, 1.54) is 83.0 Å². The molecule has 0 fully saturated rings. The molecule has 0 bridgehead atoms. The van der Waals surface area contributed by atoms with Crippen LogP contribution >= 0.6 is 0 Å². The van der Waals surface area contributed by atoms with Crippen molar-refractivity contribution in [3.05, 3.63) is 144 Å². The first-order chi connectivity index (χ1) is 19.2. The van der Waals surface area contributed by atoms with Crippen molar-refractivity contribution in [3.63, 3.8) is 0 Å². The smallest absolute Gasteiger partial charge is 0.00962 e. The van der Waals surface area contributed by atoms with Gasteiger partial charge in [0.1, 0.15) is 0 Å². The predicted molar refractivity (Wildman–Crippen MR) is 170 cm³/mol. The molecule has 0 aromatic heterocycles. The zero-order valence-corrected chi connectivity index (χ0v) is 22.0. The van der Waals surface area contributed by atoms with Crippen molar-refractivity contribution in [2.45, 2.75) is 19.8 Å². The third-order valence-corrected chi connectivity index (χ3v) is 8.71. The highest BCUT2D eigenvalue weighted by Crippen LogP contribution is 2.40. The normalized spacial score (nSPS) is 12.5. The van der Waals surface area contributed by atoms with Crippen LogP contribution < -0.4 is 0 Å². The van der Waals surface area contributed by atoms with Gasteiger partial charge in [0.15, 0.2) is 0 Å². The first kappa shape index (κ1) is 22.3. The Morgan fingerprint density at radius 1 is 0.359 bits per heavy atom. The van der Waals surface area contributed by atoms with Crippen molar-refractivity contribution < 1.29 is 0 Å². The van der Waals surface area contributed by atoms with E-state index in [-0.39, 0.29) is 0 Å². The number of fused-ring (bicyclic) bond motifs is 8. The molecule has 0 spiro atoms. The summed E-state index contributed by atoms with van der Waals surface area (Å²) in [5.41, 5.74) is 4.57. The lowest BCUT2D eigenvalue weighted by Gasteiger charge is -2.11. The molecule has 39 heavy (non-hydrogen) atoms. The van der Waals surface area contributed by atoms with Crippen molar-refractivity contribution in [2.75, 3.05) is 0 Å². The van der Waals surface area contributed by atoms with E-state index in [9.17, 15) is 0 Å². The van der Waals surface area contributed by atoms with Crippen LogP contribution in [-0.4, -0.2) is 0 Å². The third-order valence-electron chi connectivity index (χ3n) is 8.71. The van der Waals surface area contributed by atoms with Gasteiger partial charge in [0.25, 0.3) is 0 Å². The molecule has 0 saturated carbocycles. The average molecular weight is 497 g/mol. The summed E-state index contributed by atoms with van der Waals surface area (Å²) >= 11 is 0. The van der Waals surface area contributed by atoms with Crippen molar-refractivity contribution in [2.24, 2.45) is 0 Å². The van der Waals surface area contributed by atoms with Crippen LogP contribution in [0.15, 0.2) is 127 Å². The van der Waals surface area contributed by atoms with Gasteiger partial charge < -0.3 is 0 Å². The Morgan fingerprint density at radius 3 is 1.67 bits per heavy atom. The standard InChI is InChI=1S/C21H16.C18H12/c1-13-6-7-15-12-20-17-5-3-2-4-14(17)8-9-18(20)19-11-10-16(13)21(15)19;1-2-7-15-12-18-16(11-14(15)6-1)10-9-13-5-3-4-8-17(13)18/h2-9,12H,10-11H2,1H3;1-12H. The van der Waals surface area contributed by atoms with Crippen LogP contribution in [0, 0.1) is 6.92 Å².